The molecule has 0 unspecified atom stereocenters. The lowest BCUT2D eigenvalue weighted by molar-refractivity contribution is -0.142. The van der Waals surface area contributed by atoms with Gasteiger partial charge in [-0.1, -0.05) is 23.7 Å². The Balaban J connectivity index is 1.84. The molecule has 0 aliphatic rings. The maximum absolute atomic E-state index is 13.1. The molecular formula is C19H16ClFN2O4. The maximum Gasteiger partial charge on any atom is 0.331 e. The number of hydrogen-bond acceptors (Lipinski definition) is 4. The van der Waals surface area contributed by atoms with E-state index in [1.807, 2.05) is 0 Å². The lowest BCUT2D eigenvalue weighted by Crippen LogP contribution is -2.20. The van der Waals surface area contributed by atoms with Crippen LogP contribution < -0.4 is 10.6 Å². The summed E-state index contributed by atoms with van der Waals surface area (Å²) in [4.78, 5) is 34.5. The fourth-order valence-corrected chi connectivity index (χ4v) is 2.23. The summed E-state index contributed by atoms with van der Waals surface area (Å²) >= 11 is 5.65. The second-order valence-electron chi connectivity index (χ2n) is 5.42. The van der Waals surface area contributed by atoms with Crippen molar-refractivity contribution in [3.63, 3.8) is 0 Å². The van der Waals surface area contributed by atoms with Crippen LogP contribution in [0.25, 0.3) is 6.08 Å². The molecular weight excluding hydrogens is 375 g/mol. The van der Waals surface area contributed by atoms with Gasteiger partial charge in [0.15, 0.2) is 6.61 Å². The van der Waals surface area contributed by atoms with E-state index in [-0.39, 0.29) is 10.9 Å². The highest BCUT2D eigenvalue weighted by atomic mass is 35.5. The molecule has 0 spiro atoms. The number of carbonyl (C=O) groups excluding carboxylic acids is 3. The zero-order valence-corrected chi connectivity index (χ0v) is 15.0. The number of carbonyl (C=O) groups is 3. The van der Waals surface area contributed by atoms with Gasteiger partial charge in [0.1, 0.15) is 5.82 Å². The Morgan fingerprint density at radius 3 is 2.48 bits per heavy atom. The molecule has 6 nitrogen and oxygen atoms in total. The van der Waals surface area contributed by atoms with Crippen molar-refractivity contribution < 1.29 is 23.5 Å². The minimum Gasteiger partial charge on any atom is -0.452 e. The van der Waals surface area contributed by atoms with Crippen molar-refractivity contribution in [2.45, 2.75) is 6.92 Å². The number of ether oxygens (including phenoxy) is 1. The third-order valence-electron chi connectivity index (χ3n) is 3.17. The molecule has 0 aliphatic heterocycles. The molecule has 0 fully saturated rings. The standard InChI is InChI=1S/C19H16ClFN2O4/c1-12(24)22-14-3-2-4-15(10-14)23-18(25)11-27-19(26)8-6-13-5-7-17(21)16(20)9-13/h2-10H,11H2,1H3,(H,22,24)(H,23,25)/b8-6+. The monoisotopic (exact) mass is 390 g/mol. The molecule has 0 bridgehead atoms. The van der Waals surface area contributed by atoms with Crippen molar-refractivity contribution in [3.05, 3.63) is 64.9 Å². The third-order valence-corrected chi connectivity index (χ3v) is 3.46. The van der Waals surface area contributed by atoms with Gasteiger partial charge in [0.2, 0.25) is 5.91 Å². The minimum absolute atomic E-state index is 0.0635. The topological polar surface area (TPSA) is 84.5 Å². The van der Waals surface area contributed by atoms with Crippen LogP contribution in [0.15, 0.2) is 48.5 Å². The van der Waals surface area contributed by atoms with E-state index in [9.17, 15) is 18.8 Å². The van der Waals surface area contributed by atoms with Crippen LogP contribution in [-0.2, 0) is 19.1 Å². The zero-order chi connectivity index (χ0) is 19.8. The number of nitrogens with one attached hydrogen (secondary N) is 2. The molecule has 0 radical (unpaired) electrons. The molecule has 27 heavy (non-hydrogen) atoms. The highest BCUT2D eigenvalue weighted by Gasteiger charge is 2.07. The van der Waals surface area contributed by atoms with Gasteiger partial charge in [0.25, 0.3) is 5.91 Å². The summed E-state index contributed by atoms with van der Waals surface area (Å²) in [7, 11) is 0. The normalized spacial score (nSPS) is 10.5. The second-order valence-corrected chi connectivity index (χ2v) is 5.83. The molecule has 0 heterocycles. The first-order chi connectivity index (χ1) is 12.8. The first-order valence-electron chi connectivity index (χ1n) is 7.81. The Labute approximate surface area is 160 Å². The second kappa shape index (κ2) is 9.49. The Kier molecular flexibility index (Phi) is 7.08. The molecule has 2 N–H and O–H groups in total. The van der Waals surface area contributed by atoms with Crippen molar-refractivity contribution in [1.29, 1.82) is 0 Å². The van der Waals surface area contributed by atoms with E-state index in [4.69, 9.17) is 16.3 Å². The van der Waals surface area contributed by atoms with Crippen molar-refractivity contribution >= 4 is 46.8 Å². The highest BCUT2D eigenvalue weighted by molar-refractivity contribution is 6.30. The largest absolute Gasteiger partial charge is 0.452 e. The molecule has 0 aliphatic carbocycles. The van der Waals surface area contributed by atoms with E-state index in [0.717, 1.165) is 6.08 Å². The minimum atomic E-state index is -0.738. The fourth-order valence-electron chi connectivity index (χ4n) is 2.04. The van der Waals surface area contributed by atoms with Gasteiger partial charge in [0, 0.05) is 24.4 Å². The van der Waals surface area contributed by atoms with E-state index in [1.165, 1.54) is 31.2 Å². The van der Waals surface area contributed by atoms with Crippen molar-refractivity contribution in [2.24, 2.45) is 0 Å². The molecule has 2 rings (SSSR count). The third kappa shape index (κ3) is 6.91. The molecule has 0 aromatic heterocycles. The first-order valence-corrected chi connectivity index (χ1v) is 8.18. The van der Waals surface area contributed by atoms with Crippen LogP contribution in [0, 0.1) is 5.82 Å². The maximum atomic E-state index is 13.1. The molecule has 0 saturated carbocycles. The number of amides is 2. The van der Waals surface area contributed by atoms with Crippen LogP contribution in [0.4, 0.5) is 15.8 Å². The Bertz CT molecular complexity index is 899. The number of anilines is 2. The molecule has 140 valence electrons. The van der Waals surface area contributed by atoms with Gasteiger partial charge >= 0.3 is 5.97 Å². The number of benzene rings is 2. The molecule has 2 aromatic carbocycles. The van der Waals surface area contributed by atoms with Crippen molar-refractivity contribution in [2.75, 3.05) is 17.2 Å². The van der Waals surface area contributed by atoms with Gasteiger partial charge in [-0.2, -0.15) is 0 Å². The van der Waals surface area contributed by atoms with Gasteiger partial charge in [-0.05, 0) is 42.0 Å². The van der Waals surface area contributed by atoms with Crippen molar-refractivity contribution in [1.82, 2.24) is 0 Å². The number of rotatable bonds is 6. The first kappa shape index (κ1) is 20.1. The molecule has 0 saturated heterocycles. The smallest absolute Gasteiger partial charge is 0.331 e. The van der Waals surface area contributed by atoms with Crippen LogP contribution in [0.1, 0.15) is 12.5 Å². The van der Waals surface area contributed by atoms with E-state index >= 15 is 0 Å². The molecule has 2 aromatic rings. The summed E-state index contributed by atoms with van der Waals surface area (Å²) in [6, 6.07) is 10.5. The van der Waals surface area contributed by atoms with E-state index in [0.29, 0.717) is 16.9 Å². The summed E-state index contributed by atoms with van der Waals surface area (Å²) in [5.41, 5.74) is 1.48. The zero-order valence-electron chi connectivity index (χ0n) is 14.3. The number of hydrogen-bond donors (Lipinski definition) is 2. The van der Waals surface area contributed by atoms with E-state index in [2.05, 4.69) is 10.6 Å². The van der Waals surface area contributed by atoms with Gasteiger partial charge < -0.3 is 15.4 Å². The van der Waals surface area contributed by atoms with Crippen LogP contribution >= 0.6 is 11.6 Å². The Morgan fingerprint density at radius 2 is 1.81 bits per heavy atom. The average Bonchev–Trinajstić information content (AvgIpc) is 2.60. The van der Waals surface area contributed by atoms with Gasteiger partial charge in [-0.15, -0.1) is 0 Å². The van der Waals surface area contributed by atoms with E-state index < -0.39 is 24.3 Å². The SMILES string of the molecule is CC(=O)Nc1cccc(NC(=O)COC(=O)/C=C/c2ccc(F)c(Cl)c2)c1. The lowest BCUT2D eigenvalue weighted by atomic mass is 10.2. The van der Waals surface area contributed by atoms with Crippen LogP contribution in [0.2, 0.25) is 5.02 Å². The lowest BCUT2D eigenvalue weighted by Gasteiger charge is -2.08. The predicted molar refractivity (Wildman–Crippen MR) is 101 cm³/mol. The number of esters is 1. The Morgan fingerprint density at radius 1 is 1.11 bits per heavy atom. The van der Waals surface area contributed by atoms with Gasteiger partial charge in [-0.3, -0.25) is 9.59 Å². The average molecular weight is 391 g/mol. The summed E-state index contributed by atoms with van der Waals surface area (Å²) in [6.45, 7) is 0.885. The van der Waals surface area contributed by atoms with Crippen LogP contribution in [-0.4, -0.2) is 24.4 Å². The molecule has 8 heteroatoms. The highest BCUT2D eigenvalue weighted by Crippen LogP contribution is 2.17. The van der Waals surface area contributed by atoms with Gasteiger partial charge in [0.05, 0.1) is 5.02 Å². The fraction of sp³-hybridized carbons (Fsp3) is 0.105. The van der Waals surface area contributed by atoms with Gasteiger partial charge in [-0.25, -0.2) is 9.18 Å². The summed E-state index contributed by atoms with van der Waals surface area (Å²) in [5, 5.41) is 5.07. The predicted octanol–water partition coefficient (Wildman–Crippen LogP) is 3.63. The van der Waals surface area contributed by atoms with Crippen molar-refractivity contribution in [3.8, 4) is 0 Å². The Hall–Kier alpha value is -3.19. The van der Waals surface area contributed by atoms with Crippen LogP contribution in [0.5, 0.6) is 0 Å². The molecule has 0 atom stereocenters. The summed E-state index contributed by atoms with van der Waals surface area (Å²) in [5.74, 6) is -2.07. The summed E-state index contributed by atoms with van der Waals surface area (Å²) < 4.78 is 17.9. The quantitative estimate of drug-likeness (QED) is 0.582. The summed E-state index contributed by atoms with van der Waals surface area (Å²) in [6.07, 6.45) is 2.50. The van der Waals surface area contributed by atoms with Crippen LogP contribution in [0.3, 0.4) is 0 Å². The molecule has 2 amide bonds. The van der Waals surface area contributed by atoms with E-state index in [1.54, 1.807) is 24.3 Å². The number of halogens is 2.